The van der Waals surface area contributed by atoms with Gasteiger partial charge in [-0.05, 0) is 44.9 Å². The largest absolute Gasteiger partial charge is 0.351 e. The van der Waals surface area contributed by atoms with Crippen LogP contribution >= 0.6 is 0 Å². The predicted molar refractivity (Wildman–Crippen MR) is 62.6 cm³/mol. The van der Waals surface area contributed by atoms with Crippen molar-refractivity contribution in [3.8, 4) is 0 Å². The lowest BCUT2D eigenvalue weighted by Gasteiger charge is -2.20. The molecule has 16 heavy (non-hydrogen) atoms. The van der Waals surface area contributed by atoms with Gasteiger partial charge in [-0.25, -0.2) is 4.39 Å². The maximum Gasteiger partial charge on any atom is 0.220 e. The molecule has 0 spiro atoms. The van der Waals surface area contributed by atoms with E-state index in [1.807, 2.05) is 26.8 Å². The van der Waals surface area contributed by atoms with Crippen molar-refractivity contribution >= 4 is 5.91 Å². The molecule has 1 aromatic rings. The first-order chi connectivity index (χ1) is 7.37. The molecule has 1 rings (SSSR count). The number of halogens is 1. The van der Waals surface area contributed by atoms with Crippen LogP contribution in [0, 0.1) is 5.82 Å². The summed E-state index contributed by atoms with van der Waals surface area (Å²) in [4.78, 5) is 11.5. The van der Waals surface area contributed by atoms with E-state index in [9.17, 15) is 9.18 Å². The lowest BCUT2D eigenvalue weighted by molar-refractivity contribution is -0.122. The number of nitrogens with one attached hydrogen (secondary N) is 1. The SMILES string of the molecule is CC(C)(C)NC(=O)CCc1cccc(F)c1. The second-order valence-corrected chi connectivity index (χ2v) is 4.93. The molecule has 1 amide bonds. The van der Waals surface area contributed by atoms with Crippen LogP contribution in [0.5, 0.6) is 0 Å². The Labute approximate surface area is 95.9 Å². The predicted octanol–water partition coefficient (Wildman–Crippen LogP) is 2.67. The smallest absolute Gasteiger partial charge is 0.220 e. The number of hydrogen-bond donors (Lipinski definition) is 1. The van der Waals surface area contributed by atoms with E-state index in [2.05, 4.69) is 5.32 Å². The van der Waals surface area contributed by atoms with Crippen LogP contribution < -0.4 is 5.32 Å². The quantitative estimate of drug-likeness (QED) is 0.838. The van der Waals surface area contributed by atoms with E-state index >= 15 is 0 Å². The lowest BCUT2D eigenvalue weighted by Crippen LogP contribution is -2.40. The van der Waals surface area contributed by atoms with Gasteiger partial charge in [0, 0.05) is 12.0 Å². The summed E-state index contributed by atoms with van der Waals surface area (Å²) in [6.45, 7) is 5.81. The molecular formula is C13H18FNO. The molecule has 0 aromatic heterocycles. The molecule has 0 saturated heterocycles. The first kappa shape index (κ1) is 12.7. The van der Waals surface area contributed by atoms with Gasteiger partial charge in [-0.3, -0.25) is 4.79 Å². The Kier molecular flexibility index (Phi) is 4.05. The molecule has 1 aromatic carbocycles. The molecule has 0 fully saturated rings. The van der Waals surface area contributed by atoms with Crippen molar-refractivity contribution in [2.24, 2.45) is 0 Å². The zero-order valence-corrected chi connectivity index (χ0v) is 10.0. The summed E-state index contributed by atoms with van der Waals surface area (Å²) in [5.41, 5.74) is 0.642. The highest BCUT2D eigenvalue weighted by Crippen LogP contribution is 2.07. The fraction of sp³-hybridized carbons (Fsp3) is 0.462. The fourth-order valence-corrected chi connectivity index (χ4v) is 1.43. The van der Waals surface area contributed by atoms with Gasteiger partial charge < -0.3 is 5.32 Å². The van der Waals surface area contributed by atoms with Gasteiger partial charge in [0.2, 0.25) is 5.91 Å². The van der Waals surface area contributed by atoms with Crippen LogP contribution in [-0.2, 0) is 11.2 Å². The van der Waals surface area contributed by atoms with Gasteiger partial charge in [0.15, 0.2) is 0 Å². The minimum atomic E-state index is -0.256. The standard InChI is InChI=1S/C13H18FNO/c1-13(2,3)15-12(16)8-7-10-5-4-6-11(14)9-10/h4-6,9H,7-8H2,1-3H3,(H,15,16). The number of hydrogen-bond acceptors (Lipinski definition) is 1. The van der Waals surface area contributed by atoms with Gasteiger partial charge in [-0.1, -0.05) is 12.1 Å². The van der Waals surface area contributed by atoms with E-state index in [1.165, 1.54) is 12.1 Å². The van der Waals surface area contributed by atoms with Crippen molar-refractivity contribution in [2.45, 2.75) is 39.2 Å². The van der Waals surface area contributed by atoms with Gasteiger partial charge in [-0.2, -0.15) is 0 Å². The molecule has 0 atom stereocenters. The van der Waals surface area contributed by atoms with Crippen LogP contribution in [0.1, 0.15) is 32.8 Å². The Balaban J connectivity index is 2.43. The highest BCUT2D eigenvalue weighted by molar-refractivity contribution is 5.76. The van der Waals surface area contributed by atoms with Crippen LogP contribution in [0.2, 0.25) is 0 Å². The second kappa shape index (κ2) is 5.10. The highest BCUT2D eigenvalue weighted by Gasteiger charge is 2.13. The van der Waals surface area contributed by atoms with Crippen molar-refractivity contribution in [3.63, 3.8) is 0 Å². The number of carbonyl (C=O) groups is 1. The molecule has 0 heterocycles. The molecule has 1 N–H and O–H groups in total. The summed E-state index contributed by atoms with van der Waals surface area (Å²) in [5.74, 6) is -0.259. The fourth-order valence-electron chi connectivity index (χ4n) is 1.43. The molecular weight excluding hydrogens is 205 g/mol. The van der Waals surface area contributed by atoms with Crippen molar-refractivity contribution in [2.75, 3.05) is 0 Å². The summed E-state index contributed by atoms with van der Waals surface area (Å²) in [7, 11) is 0. The normalized spacial score (nSPS) is 11.2. The Hall–Kier alpha value is -1.38. The van der Waals surface area contributed by atoms with Crippen LogP contribution in [0.15, 0.2) is 24.3 Å². The third-order valence-electron chi connectivity index (χ3n) is 2.04. The first-order valence-corrected chi connectivity index (χ1v) is 5.42. The third kappa shape index (κ3) is 4.91. The van der Waals surface area contributed by atoms with Crippen LogP contribution in [0.4, 0.5) is 4.39 Å². The molecule has 0 radical (unpaired) electrons. The molecule has 88 valence electrons. The molecule has 3 heteroatoms. The Bertz CT molecular complexity index is 368. The van der Waals surface area contributed by atoms with Crippen LogP contribution in [0.25, 0.3) is 0 Å². The average molecular weight is 223 g/mol. The monoisotopic (exact) mass is 223 g/mol. The van der Waals surface area contributed by atoms with E-state index in [0.29, 0.717) is 12.8 Å². The van der Waals surface area contributed by atoms with E-state index in [4.69, 9.17) is 0 Å². The maximum absolute atomic E-state index is 12.9. The topological polar surface area (TPSA) is 29.1 Å². The summed E-state index contributed by atoms with van der Waals surface area (Å²) in [6, 6.07) is 6.35. The second-order valence-electron chi connectivity index (χ2n) is 4.93. The summed E-state index contributed by atoms with van der Waals surface area (Å²) < 4.78 is 12.9. The van der Waals surface area contributed by atoms with Crippen LogP contribution in [0.3, 0.4) is 0 Å². The Morgan fingerprint density at radius 3 is 2.62 bits per heavy atom. The van der Waals surface area contributed by atoms with Crippen molar-refractivity contribution in [3.05, 3.63) is 35.6 Å². The minimum absolute atomic E-state index is 0.00300. The Morgan fingerprint density at radius 2 is 2.06 bits per heavy atom. The lowest BCUT2D eigenvalue weighted by atomic mass is 10.1. The van der Waals surface area contributed by atoms with Crippen molar-refractivity contribution in [1.29, 1.82) is 0 Å². The van der Waals surface area contributed by atoms with E-state index in [-0.39, 0.29) is 17.3 Å². The molecule has 0 aliphatic heterocycles. The first-order valence-electron chi connectivity index (χ1n) is 5.42. The molecule has 0 aliphatic carbocycles. The molecule has 0 bridgehead atoms. The van der Waals surface area contributed by atoms with Crippen LogP contribution in [-0.4, -0.2) is 11.4 Å². The summed E-state index contributed by atoms with van der Waals surface area (Å²) in [5, 5.41) is 2.87. The number of aryl methyl sites for hydroxylation is 1. The summed E-state index contributed by atoms with van der Waals surface area (Å²) >= 11 is 0. The maximum atomic E-state index is 12.9. The van der Waals surface area contributed by atoms with Gasteiger partial charge in [0.25, 0.3) is 0 Å². The molecule has 0 aliphatic rings. The number of benzene rings is 1. The number of rotatable bonds is 3. The van der Waals surface area contributed by atoms with Gasteiger partial charge in [-0.15, -0.1) is 0 Å². The van der Waals surface area contributed by atoms with E-state index in [0.717, 1.165) is 5.56 Å². The van der Waals surface area contributed by atoms with Gasteiger partial charge >= 0.3 is 0 Å². The minimum Gasteiger partial charge on any atom is -0.351 e. The van der Waals surface area contributed by atoms with E-state index < -0.39 is 0 Å². The average Bonchev–Trinajstić information content (AvgIpc) is 2.12. The zero-order chi connectivity index (χ0) is 12.2. The van der Waals surface area contributed by atoms with Gasteiger partial charge in [0.05, 0.1) is 0 Å². The van der Waals surface area contributed by atoms with Crippen molar-refractivity contribution in [1.82, 2.24) is 5.32 Å². The Morgan fingerprint density at radius 1 is 1.38 bits per heavy atom. The summed E-state index contributed by atoms with van der Waals surface area (Å²) in [6.07, 6.45) is 0.959. The molecule has 2 nitrogen and oxygen atoms in total. The third-order valence-corrected chi connectivity index (χ3v) is 2.04. The number of amides is 1. The number of carbonyl (C=O) groups excluding carboxylic acids is 1. The highest BCUT2D eigenvalue weighted by atomic mass is 19.1. The molecule has 0 unspecified atom stereocenters. The molecule has 0 saturated carbocycles. The van der Waals surface area contributed by atoms with Crippen molar-refractivity contribution < 1.29 is 9.18 Å². The van der Waals surface area contributed by atoms with Gasteiger partial charge in [0.1, 0.15) is 5.82 Å². The van der Waals surface area contributed by atoms with E-state index in [1.54, 1.807) is 6.07 Å². The zero-order valence-electron chi connectivity index (χ0n) is 10.0.